The number of aryl methyl sites for hydroxylation is 2. The molecule has 0 spiro atoms. The van der Waals surface area contributed by atoms with Crippen LogP contribution in [0.2, 0.25) is 5.15 Å². The number of aromatic amines is 1. The van der Waals surface area contributed by atoms with Gasteiger partial charge in [-0.2, -0.15) is 0 Å². The van der Waals surface area contributed by atoms with Crippen molar-refractivity contribution in [3.8, 4) is 0 Å². The van der Waals surface area contributed by atoms with E-state index < -0.39 is 5.69 Å². The Morgan fingerprint density at radius 1 is 1.42 bits per heavy atom. The fourth-order valence-electron chi connectivity index (χ4n) is 1.94. The molecule has 7 heteroatoms. The minimum Gasteiger partial charge on any atom is -0.338 e. The number of halogens is 1. The summed E-state index contributed by atoms with van der Waals surface area (Å²) in [5.41, 5.74) is -0.382. The molecule has 0 saturated heterocycles. The SMILES string of the molecule is CCc1c(Cl)[nH]c(=O)n(CCc2nccn2C)c1=O. The molecule has 6 nitrogen and oxygen atoms in total. The van der Waals surface area contributed by atoms with E-state index in [1.807, 2.05) is 24.7 Å². The number of imidazole rings is 1. The molecule has 2 aromatic rings. The van der Waals surface area contributed by atoms with Crippen molar-refractivity contribution >= 4 is 11.6 Å². The van der Waals surface area contributed by atoms with E-state index in [4.69, 9.17) is 11.6 Å². The van der Waals surface area contributed by atoms with Gasteiger partial charge in [0.1, 0.15) is 11.0 Å². The van der Waals surface area contributed by atoms with Gasteiger partial charge in [-0.3, -0.25) is 14.3 Å². The lowest BCUT2D eigenvalue weighted by molar-refractivity contribution is 0.595. The largest absolute Gasteiger partial charge is 0.338 e. The second-order valence-electron chi connectivity index (χ2n) is 4.24. The lowest BCUT2D eigenvalue weighted by atomic mass is 10.2. The first-order valence-corrected chi connectivity index (χ1v) is 6.40. The van der Waals surface area contributed by atoms with Gasteiger partial charge in [0.25, 0.3) is 5.56 Å². The minimum absolute atomic E-state index is 0.130. The molecule has 0 radical (unpaired) electrons. The Kier molecular flexibility index (Phi) is 3.90. The van der Waals surface area contributed by atoms with E-state index in [2.05, 4.69) is 9.97 Å². The zero-order valence-electron chi connectivity index (χ0n) is 10.8. The average Bonchev–Trinajstić information content (AvgIpc) is 2.75. The third-order valence-corrected chi connectivity index (χ3v) is 3.39. The van der Waals surface area contributed by atoms with Crippen LogP contribution in [0, 0.1) is 0 Å². The van der Waals surface area contributed by atoms with Crippen LogP contribution >= 0.6 is 11.6 Å². The quantitative estimate of drug-likeness (QED) is 0.840. The van der Waals surface area contributed by atoms with Gasteiger partial charge < -0.3 is 4.57 Å². The lowest BCUT2D eigenvalue weighted by Gasteiger charge is -2.07. The fourth-order valence-corrected chi connectivity index (χ4v) is 2.24. The van der Waals surface area contributed by atoms with Crippen LogP contribution in [0.5, 0.6) is 0 Å². The Bertz CT molecular complexity index is 698. The van der Waals surface area contributed by atoms with E-state index in [-0.39, 0.29) is 17.3 Å². The van der Waals surface area contributed by atoms with Crippen LogP contribution in [-0.2, 0) is 26.4 Å². The molecule has 102 valence electrons. The van der Waals surface area contributed by atoms with Gasteiger partial charge in [0.15, 0.2) is 0 Å². The van der Waals surface area contributed by atoms with Crippen molar-refractivity contribution in [3.63, 3.8) is 0 Å². The Hall–Kier alpha value is -1.82. The molecule has 1 N–H and O–H groups in total. The minimum atomic E-state index is -0.485. The maximum Gasteiger partial charge on any atom is 0.329 e. The smallest absolute Gasteiger partial charge is 0.329 e. The van der Waals surface area contributed by atoms with Gasteiger partial charge in [-0.05, 0) is 6.42 Å². The molecule has 0 aromatic carbocycles. The van der Waals surface area contributed by atoms with Crippen LogP contribution in [0.4, 0.5) is 0 Å². The van der Waals surface area contributed by atoms with Crippen molar-refractivity contribution in [2.45, 2.75) is 26.3 Å². The summed E-state index contributed by atoms with van der Waals surface area (Å²) in [6.07, 6.45) is 4.50. The second-order valence-corrected chi connectivity index (χ2v) is 4.62. The van der Waals surface area contributed by atoms with E-state index in [0.717, 1.165) is 5.82 Å². The molecule has 0 aliphatic heterocycles. The van der Waals surface area contributed by atoms with E-state index in [0.29, 0.717) is 18.4 Å². The van der Waals surface area contributed by atoms with Gasteiger partial charge in [-0.15, -0.1) is 0 Å². The molecule has 0 atom stereocenters. The Labute approximate surface area is 114 Å². The molecule has 2 aromatic heterocycles. The molecular weight excluding hydrogens is 268 g/mol. The standard InChI is InChI=1S/C12H15ClN4O2/c1-3-8-10(13)15-12(19)17(11(8)18)6-4-9-14-5-7-16(9)2/h5,7H,3-4,6H2,1-2H3,(H,15,19). The predicted molar refractivity (Wildman–Crippen MR) is 72.6 cm³/mol. The Morgan fingerprint density at radius 3 is 2.74 bits per heavy atom. The summed E-state index contributed by atoms with van der Waals surface area (Å²) in [7, 11) is 1.87. The third-order valence-electron chi connectivity index (χ3n) is 3.06. The van der Waals surface area contributed by atoms with Crippen molar-refractivity contribution in [2.75, 3.05) is 0 Å². The van der Waals surface area contributed by atoms with E-state index >= 15 is 0 Å². The highest BCUT2D eigenvalue weighted by molar-refractivity contribution is 6.30. The monoisotopic (exact) mass is 282 g/mol. The molecule has 0 unspecified atom stereocenters. The maximum absolute atomic E-state index is 12.1. The second kappa shape index (κ2) is 5.44. The molecule has 0 aliphatic rings. The first-order valence-electron chi connectivity index (χ1n) is 6.02. The summed E-state index contributed by atoms with van der Waals surface area (Å²) in [5.74, 6) is 0.819. The lowest BCUT2D eigenvalue weighted by Crippen LogP contribution is -2.38. The van der Waals surface area contributed by atoms with Gasteiger partial charge >= 0.3 is 5.69 Å². The van der Waals surface area contributed by atoms with Crippen molar-refractivity contribution in [2.24, 2.45) is 7.05 Å². The molecule has 2 rings (SSSR count). The summed E-state index contributed by atoms with van der Waals surface area (Å²) in [6, 6.07) is 0. The van der Waals surface area contributed by atoms with Crippen LogP contribution in [0.1, 0.15) is 18.3 Å². The highest BCUT2D eigenvalue weighted by Crippen LogP contribution is 2.06. The number of nitrogens with zero attached hydrogens (tertiary/aromatic N) is 3. The van der Waals surface area contributed by atoms with E-state index in [1.54, 1.807) is 6.20 Å². The number of nitrogens with one attached hydrogen (secondary N) is 1. The summed E-state index contributed by atoms with van der Waals surface area (Å²) in [5, 5.41) is 0.130. The molecule has 0 saturated carbocycles. The molecule has 0 bridgehead atoms. The van der Waals surface area contributed by atoms with Gasteiger partial charge in [0.05, 0.1) is 5.56 Å². The summed E-state index contributed by atoms with van der Waals surface area (Å²) < 4.78 is 3.02. The normalized spacial score (nSPS) is 10.9. The number of rotatable bonds is 4. The van der Waals surface area contributed by atoms with Gasteiger partial charge in [-0.25, -0.2) is 9.78 Å². The van der Waals surface area contributed by atoms with Crippen LogP contribution < -0.4 is 11.2 Å². The Morgan fingerprint density at radius 2 is 2.16 bits per heavy atom. The van der Waals surface area contributed by atoms with Crippen LogP contribution in [0.15, 0.2) is 22.0 Å². The summed E-state index contributed by atoms with van der Waals surface area (Å²) in [6.45, 7) is 2.10. The van der Waals surface area contributed by atoms with Gasteiger partial charge in [0.2, 0.25) is 0 Å². The van der Waals surface area contributed by atoms with E-state index in [1.165, 1.54) is 4.57 Å². The maximum atomic E-state index is 12.1. The summed E-state index contributed by atoms with van der Waals surface area (Å²) >= 11 is 5.85. The van der Waals surface area contributed by atoms with Crippen molar-refractivity contribution in [1.29, 1.82) is 0 Å². The number of H-pyrrole nitrogens is 1. The van der Waals surface area contributed by atoms with Crippen molar-refractivity contribution in [3.05, 3.63) is 49.8 Å². The topological polar surface area (TPSA) is 72.7 Å². The predicted octanol–water partition coefficient (Wildman–Crippen LogP) is 0.729. The van der Waals surface area contributed by atoms with E-state index in [9.17, 15) is 9.59 Å². The highest BCUT2D eigenvalue weighted by Gasteiger charge is 2.11. The van der Waals surface area contributed by atoms with Gasteiger partial charge in [0, 0.05) is 32.4 Å². The van der Waals surface area contributed by atoms with Crippen LogP contribution in [0.25, 0.3) is 0 Å². The number of hydrogen-bond acceptors (Lipinski definition) is 3. The Balaban J connectivity index is 2.33. The molecular formula is C12H15ClN4O2. The first-order chi connectivity index (χ1) is 9.04. The zero-order valence-corrected chi connectivity index (χ0v) is 11.6. The zero-order chi connectivity index (χ0) is 14.0. The van der Waals surface area contributed by atoms with Gasteiger partial charge in [-0.1, -0.05) is 18.5 Å². The molecule has 0 aliphatic carbocycles. The molecule has 0 amide bonds. The first kappa shape index (κ1) is 13.6. The van der Waals surface area contributed by atoms with Crippen molar-refractivity contribution in [1.82, 2.24) is 19.1 Å². The number of aromatic nitrogens is 4. The third kappa shape index (κ3) is 2.63. The van der Waals surface area contributed by atoms with Crippen LogP contribution in [-0.4, -0.2) is 19.1 Å². The number of hydrogen-bond donors (Lipinski definition) is 1. The van der Waals surface area contributed by atoms with Crippen molar-refractivity contribution < 1.29 is 0 Å². The fraction of sp³-hybridized carbons (Fsp3) is 0.417. The molecule has 19 heavy (non-hydrogen) atoms. The average molecular weight is 283 g/mol. The summed E-state index contributed by atoms with van der Waals surface area (Å²) in [4.78, 5) is 30.5. The molecule has 0 fully saturated rings. The molecule has 2 heterocycles. The highest BCUT2D eigenvalue weighted by atomic mass is 35.5. The van der Waals surface area contributed by atoms with Crippen LogP contribution in [0.3, 0.4) is 0 Å².